The molecule has 0 amide bonds. The molecular formula is C12H17N5O3S. The molecule has 0 saturated carbocycles. The Bertz CT molecular complexity index is 660. The summed E-state index contributed by atoms with van der Waals surface area (Å²) in [7, 11) is 0. The highest BCUT2D eigenvalue weighted by molar-refractivity contribution is 7.07. The van der Waals surface area contributed by atoms with Gasteiger partial charge in [-0.05, 0) is 23.8 Å². The lowest BCUT2D eigenvalue weighted by atomic mass is 10.4. The van der Waals surface area contributed by atoms with E-state index in [0.29, 0.717) is 18.9 Å². The zero-order chi connectivity index (χ0) is 15.2. The molecule has 9 heteroatoms. The van der Waals surface area contributed by atoms with Crippen molar-refractivity contribution in [1.29, 1.82) is 0 Å². The lowest BCUT2D eigenvalue weighted by molar-refractivity contribution is -0.145. The Balaban J connectivity index is 1.82. The summed E-state index contributed by atoms with van der Waals surface area (Å²) in [5, 5.41) is 13.0. The van der Waals surface area contributed by atoms with E-state index in [1.807, 2.05) is 13.8 Å². The first-order chi connectivity index (χ1) is 10.1. The van der Waals surface area contributed by atoms with Gasteiger partial charge in [-0.2, -0.15) is 0 Å². The van der Waals surface area contributed by atoms with Crippen LogP contribution in [0.3, 0.4) is 0 Å². The van der Waals surface area contributed by atoms with Gasteiger partial charge in [-0.25, -0.2) is 4.68 Å². The van der Waals surface area contributed by atoms with Gasteiger partial charge in [-0.3, -0.25) is 9.59 Å². The van der Waals surface area contributed by atoms with Gasteiger partial charge in [-0.1, -0.05) is 18.3 Å². The number of esters is 1. The molecule has 0 radical (unpaired) electrons. The van der Waals surface area contributed by atoms with Crippen molar-refractivity contribution in [2.45, 2.75) is 46.4 Å². The maximum absolute atomic E-state index is 11.7. The summed E-state index contributed by atoms with van der Waals surface area (Å²) in [6.07, 6.45) is 1.04. The average Bonchev–Trinajstić information content (AvgIpc) is 3.03. The molecule has 0 aliphatic heterocycles. The highest BCUT2D eigenvalue weighted by Gasteiger charge is 2.11. The molecule has 0 fully saturated rings. The van der Waals surface area contributed by atoms with Crippen LogP contribution in [-0.4, -0.2) is 30.7 Å². The number of carbonyl (C=O) groups is 1. The van der Waals surface area contributed by atoms with E-state index in [-0.39, 0.29) is 23.9 Å². The molecule has 0 bridgehead atoms. The van der Waals surface area contributed by atoms with E-state index in [9.17, 15) is 9.59 Å². The molecule has 0 spiro atoms. The fourth-order valence-corrected chi connectivity index (χ4v) is 2.57. The van der Waals surface area contributed by atoms with E-state index in [4.69, 9.17) is 4.74 Å². The zero-order valence-corrected chi connectivity index (χ0v) is 12.8. The van der Waals surface area contributed by atoms with Crippen molar-refractivity contribution in [3.63, 3.8) is 0 Å². The number of nitrogens with zero attached hydrogens (tertiary/aromatic N) is 5. The van der Waals surface area contributed by atoms with Gasteiger partial charge < -0.3 is 9.30 Å². The molecule has 2 aromatic rings. The third-order valence-corrected chi connectivity index (χ3v) is 3.80. The maximum Gasteiger partial charge on any atom is 0.308 e. The minimum atomic E-state index is -0.376. The minimum absolute atomic E-state index is 0.0450. The van der Waals surface area contributed by atoms with Crippen LogP contribution in [0.5, 0.6) is 0 Å². The summed E-state index contributed by atoms with van der Waals surface area (Å²) in [6, 6.07) is 0. The fourth-order valence-electron chi connectivity index (χ4n) is 1.81. The molecule has 0 unspecified atom stereocenters. The van der Waals surface area contributed by atoms with Crippen LogP contribution in [0.15, 0.2) is 10.2 Å². The molecule has 2 rings (SSSR count). The third kappa shape index (κ3) is 3.97. The van der Waals surface area contributed by atoms with Crippen molar-refractivity contribution in [1.82, 2.24) is 24.8 Å². The molecule has 0 atom stereocenters. The Kier molecular flexibility index (Phi) is 5.20. The number of thiazole rings is 1. The first-order valence-corrected chi connectivity index (χ1v) is 7.55. The number of carbonyl (C=O) groups excluding carboxylic acids is 1. The van der Waals surface area contributed by atoms with Crippen molar-refractivity contribution in [3.05, 3.63) is 26.6 Å². The number of aryl methyl sites for hydroxylation is 2. The number of aromatic nitrogens is 5. The highest BCUT2D eigenvalue weighted by atomic mass is 32.1. The van der Waals surface area contributed by atoms with Gasteiger partial charge in [0.1, 0.15) is 0 Å². The molecular weight excluding hydrogens is 294 g/mol. The molecule has 0 N–H and O–H groups in total. The monoisotopic (exact) mass is 311 g/mol. The van der Waals surface area contributed by atoms with Crippen molar-refractivity contribution in [3.8, 4) is 0 Å². The number of tetrazole rings is 1. The number of rotatable bonds is 7. The molecule has 0 aliphatic rings. The normalized spacial score (nSPS) is 10.8. The van der Waals surface area contributed by atoms with Gasteiger partial charge in [0, 0.05) is 24.2 Å². The van der Waals surface area contributed by atoms with Crippen LogP contribution in [0.1, 0.15) is 31.3 Å². The Hall–Kier alpha value is -2.03. The molecule has 114 valence electrons. The predicted molar refractivity (Wildman–Crippen MR) is 75.8 cm³/mol. The molecule has 0 aliphatic carbocycles. The summed E-state index contributed by atoms with van der Waals surface area (Å²) in [6.45, 7) is 4.90. The second kappa shape index (κ2) is 7.11. The summed E-state index contributed by atoms with van der Waals surface area (Å²) in [5.74, 6) is 0.146. The van der Waals surface area contributed by atoms with Crippen molar-refractivity contribution in [2.75, 3.05) is 0 Å². The zero-order valence-electron chi connectivity index (χ0n) is 12.0. The Labute approximate surface area is 125 Å². The Morgan fingerprint density at radius 3 is 2.90 bits per heavy atom. The standard InChI is InChI=1S/C12H17N5O3S/c1-3-5-17-10(13-14-15-17)7-20-11(18)4-6-16-9(2)8-21-12(16)19/h8H,3-7H2,1-2H3. The van der Waals surface area contributed by atoms with Crippen molar-refractivity contribution >= 4 is 17.3 Å². The largest absolute Gasteiger partial charge is 0.457 e. The lowest BCUT2D eigenvalue weighted by Crippen LogP contribution is -2.18. The van der Waals surface area contributed by atoms with Crippen LogP contribution in [0.25, 0.3) is 0 Å². The van der Waals surface area contributed by atoms with Gasteiger partial charge in [0.15, 0.2) is 12.4 Å². The maximum atomic E-state index is 11.7. The highest BCUT2D eigenvalue weighted by Crippen LogP contribution is 2.03. The summed E-state index contributed by atoms with van der Waals surface area (Å²) < 4.78 is 8.31. The summed E-state index contributed by atoms with van der Waals surface area (Å²) in [5.41, 5.74) is 0.852. The quantitative estimate of drug-likeness (QED) is 0.701. The van der Waals surface area contributed by atoms with Crippen LogP contribution >= 0.6 is 11.3 Å². The van der Waals surface area contributed by atoms with Crippen LogP contribution in [-0.2, 0) is 29.2 Å². The van der Waals surface area contributed by atoms with Crippen LogP contribution in [0.2, 0.25) is 0 Å². The smallest absolute Gasteiger partial charge is 0.308 e. The van der Waals surface area contributed by atoms with Gasteiger partial charge >= 0.3 is 10.8 Å². The topological polar surface area (TPSA) is 91.9 Å². The van der Waals surface area contributed by atoms with E-state index in [1.54, 1.807) is 14.6 Å². The second-order valence-corrected chi connectivity index (χ2v) is 5.34. The van der Waals surface area contributed by atoms with Crippen LogP contribution in [0, 0.1) is 6.92 Å². The average molecular weight is 311 g/mol. The van der Waals surface area contributed by atoms with E-state index in [2.05, 4.69) is 15.5 Å². The molecule has 0 aromatic carbocycles. The van der Waals surface area contributed by atoms with E-state index in [1.165, 1.54) is 0 Å². The van der Waals surface area contributed by atoms with Gasteiger partial charge in [0.05, 0.1) is 6.42 Å². The van der Waals surface area contributed by atoms with Crippen molar-refractivity contribution < 1.29 is 9.53 Å². The summed E-state index contributed by atoms with van der Waals surface area (Å²) >= 11 is 1.13. The van der Waals surface area contributed by atoms with Crippen LogP contribution in [0.4, 0.5) is 0 Å². The summed E-state index contributed by atoms with van der Waals surface area (Å²) in [4.78, 5) is 23.2. The Morgan fingerprint density at radius 1 is 1.43 bits per heavy atom. The Morgan fingerprint density at radius 2 is 2.24 bits per heavy atom. The first-order valence-electron chi connectivity index (χ1n) is 6.67. The molecule has 8 nitrogen and oxygen atoms in total. The van der Waals surface area contributed by atoms with E-state index in [0.717, 1.165) is 23.5 Å². The lowest BCUT2D eigenvalue weighted by Gasteiger charge is -2.06. The third-order valence-electron chi connectivity index (χ3n) is 2.92. The first kappa shape index (κ1) is 15.4. The van der Waals surface area contributed by atoms with Gasteiger partial charge in [0.25, 0.3) is 0 Å². The SMILES string of the molecule is CCCn1nnnc1COC(=O)CCn1c(C)csc1=O. The predicted octanol–water partition coefficient (Wildman–Crippen LogP) is 0.748. The van der Waals surface area contributed by atoms with Crippen molar-refractivity contribution in [2.24, 2.45) is 0 Å². The number of ether oxygens (including phenoxy) is 1. The van der Waals surface area contributed by atoms with Gasteiger partial charge in [0.2, 0.25) is 0 Å². The second-order valence-electron chi connectivity index (χ2n) is 4.52. The van der Waals surface area contributed by atoms with Crippen LogP contribution < -0.4 is 4.87 Å². The molecule has 0 saturated heterocycles. The number of hydrogen-bond acceptors (Lipinski definition) is 7. The van der Waals surface area contributed by atoms with E-state index >= 15 is 0 Å². The minimum Gasteiger partial charge on any atom is -0.457 e. The van der Waals surface area contributed by atoms with E-state index < -0.39 is 0 Å². The van der Waals surface area contributed by atoms with Gasteiger partial charge in [-0.15, -0.1) is 5.10 Å². The molecule has 2 aromatic heterocycles. The molecule has 2 heterocycles. The molecule has 21 heavy (non-hydrogen) atoms. The number of hydrogen-bond donors (Lipinski definition) is 0. The fraction of sp³-hybridized carbons (Fsp3) is 0.583.